The lowest BCUT2D eigenvalue weighted by atomic mass is 9.99. The van der Waals surface area contributed by atoms with E-state index in [0.29, 0.717) is 0 Å². The largest absolute Gasteiger partial charge is 0.315 e. The average molecular weight is 212 g/mol. The zero-order valence-electron chi connectivity index (χ0n) is 10.8. The van der Waals surface area contributed by atoms with Gasteiger partial charge in [0.05, 0.1) is 0 Å². The first kappa shape index (κ1) is 13.0. The summed E-state index contributed by atoms with van der Waals surface area (Å²) in [5, 5.41) is 3.53. The second-order valence-corrected chi connectivity index (χ2v) is 5.46. The lowest BCUT2D eigenvalue weighted by Crippen LogP contribution is -2.38. The van der Waals surface area contributed by atoms with E-state index in [9.17, 15) is 0 Å². The summed E-state index contributed by atoms with van der Waals surface area (Å²) in [5.74, 6) is 1.78. The predicted molar refractivity (Wildman–Crippen MR) is 67.2 cm³/mol. The van der Waals surface area contributed by atoms with Crippen molar-refractivity contribution in [2.45, 2.75) is 40.0 Å². The topological polar surface area (TPSA) is 15.3 Å². The highest BCUT2D eigenvalue weighted by atomic mass is 15.1. The number of likely N-dealkylation sites (tertiary alicyclic amines) is 1. The van der Waals surface area contributed by atoms with Crippen LogP contribution in [0.1, 0.15) is 40.0 Å². The third kappa shape index (κ3) is 6.16. The van der Waals surface area contributed by atoms with Gasteiger partial charge >= 0.3 is 0 Å². The fourth-order valence-corrected chi connectivity index (χ4v) is 2.04. The van der Waals surface area contributed by atoms with Gasteiger partial charge in [0.25, 0.3) is 0 Å². The number of hydrogen-bond acceptors (Lipinski definition) is 2. The van der Waals surface area contributed by atoms with Gasteiger partial charge in [-0.05, 0) is 50.7 Å². The molecule has 0 spiro atoms. The zero-order chi connectivity index (χ0) is 11.1. The monoisotopic (exact) mass is 212 g/mol. The van der Waals surface area contributed by atoms with Crippen LogP contribution in [0.3, 0.4) is 0 Å². The van der Waals surface area contributed by atoms with Crippen molar-refractivity contribution in [2.24, 2.45) is 11.8 Å². The summed E-state index contributed by atoms with van der Waals surface area (Å²) in [7, 11) is 0. The summed E-state index contributed by atoms with van der Waals surface area (Å²) in [6.45, 7) is 13.2. The van der Waals surface area contributed by atoms with Gasteiger partial charge in [-0.3, -0.25) is 0 Å². The van der Waals surface area contributed by atoms with Gasteiger partial charge in [0, 0.05) is 13.1 Å². The molecule has 0 aromatic heterocycles. The Hall–Kier alpha value is -0.0800. The van der Waals surface area contributed by atoms with Crippen LogP contribution >= 0.6 is 0 Å². The quantitative estimate of drug-likeness (QED) is 0.680. The predicted octanol–water partition coefficient (Wildman–Crippen LogP) is 2.35. The summed E-state index contributed by atoms with van der Waals surface area (Å²) in [4.78, 5) is 2.60. The molecule has 0 aromatic carbocycles. The van der Waals surface area contributed by atoms with Gasteiger partial charge in [-0.25, -0.2) is 0 Å². The van der Waals surface area contributed by atoms with Crippen LogP contribution in [0, 0.1) is 11.8 Å². The van der Waals surface area contributed by atoms with E-state index in [1.54, 1.807) is 0 Å². The van der Waals surface area contributed by atoms with E-state index < -0.39 is 0 Å². The van der Waals surface area contributed by atoms with Gasteiger partial charge in [0.1, 0.15) is 0 Å². The number of nitrogens with one attached hydrogen (secondary N) is 1. The molecule has 2 nitrogen and oxygen atoms in total. The smallest absolute Gasteiger partial charge is 0.0107 e. The maximum absolute atomic E-state index is 3.53. The normalized spacial score (nSPS) is 20.0. The van der Waals surface area contributed by atoms with Crippen LogP contribution in [0.4, 0.5) is 0 Å². The first-order valence-corrected chi connectivity index (χ1v) is 6.61. The molecular weight excluding hydrogens is 184 g/mol. The fourth-order valence-electron chi connectivity index (χ4n) is 2.04. The van der Waals surface area contributed by atoms with Gasteiger partial charge < -0.3 is 10.2 Å². The first-order valence-electron chi connectivity index (χ1n) is 6.61. The maximum Gasteiger partial charge on any atom is 0.0107 e. The van der Waals surface area contributed by atoms with Gasteiger partial charge in [-0.2, -0.15) is 0 Å². The fraction of sp³-hybridized carbons (Fsp3) is 1.00. The van der Waals surface area contributed by atoms with Crippen LogP contribution in [-0.2, 0) is 0 Å². The van der Waals surface area contributed by atoms with Crippen molar-refractivity contribution in [3.63, 3.8) is 0 Å². The maximum atomic E-state index is 3.53. The summed E-state index contributed by atoms with van der Waals surface area (Å²) in [5.41, 5.74) is 0. The van der Waals surface area contributed by atoms with E-state index >= 15 is 0 Å². The summed E-state index contributed by atoms with van der Waals surface area (Å²) in [6, 6.07) is 0. The van der Waals surface area contributed by atoms with Crippen LogP contribution in [0.25, 0.3) is 0 Å². The van der Waals surface area contributed by atoms with E-state index in [1.165, 1.54) is 52.0 Å². The van der Waals surface area contributed by atoms with E-state index in [4.69, 9.17) is 0 Å². The molecule has 2 heteroatoms. The highest BCUT2D eigenvalue weighted by Crippen LogP contribution is 2.14. The Morgan fingerprint density at radius 1 is 1.20 bits per heavy atom. The molecule has 0 radical (unpaired) electrons. The SMILES string of the molecule is CC(C)CCNCCN1CCC(C)CC1. The Morgan fingerprint density at radius 2 is 1.87 bits per heavy atom. The Kier molecular flexibility index (Phi) is 6.26. The second kappa shape index (κ2) is 7.24. The molecule has 1 rings (SSSR count). The average Bonchev–Trinajstić information content (AvgIpc) is 2.20. The summed E-state index contributed by atoms with van der Waals surface area (Å²) >= 11 is 0. The van der Waals surface area contributed by atoms with Crippen LogP contribution in [-0.4, -0.2) is 37.6 Å². The third-order valence-electron chi connectivity index (χ3n) is 3.38. The van der Waals surface area contributed by atoms with Crippen molar-refractivity contribution in [3.8, 4) is 0 Å². The third-order valence-corrected chi connectivity index (χ3v) is 3.38. The molecule has 0 amide bonds. The summed E-state index contributed by atoms with van der Waals surface area (Å²) in [6.07, 6.45) is 4.09. The van der Waals surface area contributed by atoms with Gasteiger partial charge in [-0.15, -0.1) is 0 Å². The Labute approximate surface area is 95.4 Å². The summed E-state index contributed by atoms with van der Waals surface area (Å²) < 4.78 is 0. The lowest BCUT2D eigenvalue weighted by Gasteiger charge is -2.30. The molecule has 0 saturated carbocycles. The molecule has 1 heterocycles. The molecule has 1 saturated heterocycles. The molecular formula is C13H28N2. The molecule has 0 bridgehead atoms. The minimum atomic E-state index is 0.827. The molecule has 0 unspecified atom stereocenters. The van der Waals surface area contributed by atoms with Gasteiger partial charge in [0.15, 0.2) is 0 Å². The number of rotatable bonds is 6. The van der Waals surface area contributed by atoms with Crippen molar-refractivity contribution in [2.75, 3.05) is 32.7 Å². The minimum absolute atomic E-state index is 0.827. The molecule has 1 N–H and O–H groups in total. The Balaban J connectivity index is 1.91. The number of nitrogens with zero attached hydrogens (tertiary/aromatic N) is 1. The van der Waals surface area contributed by atoms with Crippen LogP contribution < -0.4 is 5.32 Å². The molecule has 1 aliphatic heterocycles. The molecule has 1 fully saturated rings. The Bertz CT molecular complexity index is 149. The van der Waals surface area contributed by atoms with E-state index in [2.05, 4.69) is 31.0 Å². The van der Waals surface area contributed by atoms with Crippen molar-refractivity contribution >= 4 is 0 Å². The first-order chi connectivity index (χ1) is 7.18. The van der Waals surface area contributed by atoms with Crippen molar-refractivity contribution in [1.82, 2.24) is 10.2 Å². The van der Waals surface area contributed by atoms with E-state index in [-0.39, 0.29) is 0 Å². The van der Waals surface area contributed by atoms with Gasteiger partial charge in [-0.1, -0.05) is 20.8 Å². The minimum Gasteiger partial charge on any atom is -0.315 e. The standard InChI is InChI=1S/C13H28N2/c1-12(2)4-7-14-8-11-15-9-5-13(3)6-10-15/h12-14H,4-11H2,1-3H3. The molecule has 0 aromatic rings. The van der Waals surface area contributed by atoms with Crippen molar-refractivity contribution in [1.29, 1.82) is 0 Å². The Morgan fingerprint density at radius 3 is 2.47 bits per heavy atom. The van der Waals surface area contributed by atoms with E-state index in [0.717, 1.165) is 11.8 Å². The molecule has 0 atom stereocenters. The van der Waals surface area contributed by atoms with Crippen molar-refractivity contribution in [3.05, 3.63) is 0 Å². The number of piperidine rings is 1. The molecule has 1 aliphatic rings. The van der Waals surface area contributed by atoms with E-state index in [1.807, 2.05) is 0 Å². The molecule has 90 valence electrons. The zero-order valence-corrected chi connectivity index (χ0v) is 10.8. The molecule has 0 aliphatic carbocycles. The highest BCUT2D eigenvalue weighted by Gasteiger charge is 2.14. The highest BCUT2D eigenvalue weighted by molar-refractivity contribution is 4.69. The van der Waals surface area contributed by atoms with Gasteiger partial charge in [0.2, 0.25) is 0 Å². The number of hydrogen-bond donors (Lipinski definition) is 1. The van der Waals surface area contributed by atoms with Crippen LogP contribution in [0.2, 0.25) is 0 Å². The van der Waals surface area contributed by atoms with Crippen LogP contribution in [0.15, 0.2) is 0 Å². The van der Waals surface area contributed by atoms with Crippen molar-refractivity contribution < 1.29 is 0 Å². The van der Waals surface area contributed by atoms with Crippen LogP contribution in [0.5, 0.6) is 0 Å². The second-order valence-electron chi connectivity index (χ2n) is 5.46. The lowest BCUT2D eigenvalue weighted by molar-refractivity contribution is 0.193. The molecule has 15 heavy (non-hydrogen) atoms.